The van der Waals surface area contributed by atoms with Gasteiger partial charge in [-0.05, 0) is 43.5 Å². The summed E-state index contributed by atoms with van der Waals surface area (Å²) in [5.74, 6) is 1.29. The number of anilines is 2. The molecule has 1 aromatic carbocycles. The van der Waals surface area contributed by atoms with E-state index in [2.05, 4.69) is 26.4 Å². The minimum atomic E-state index is -0.0720. The van der Waals surface area contributed by atoms with Crippen molar-refractivity contribution in [1.82, 2.24) is 10.1 Å². The fourth-order valence-corrected chi connectivity index (χ4v) is 3.29. The topological polar surface area (TPSA) is 84.4 Å². The molecule has 1 aliphatic rings. The highest BCUT2D eigenvalue weighted by Crippen LogP contribution is 2.28. The van der Waals surface area contributed by atoms with Crippen LogP contribution >= 0.6 is 0 Å². The van der Waals surface area contributed by atoms with Crippen LogP contribution < -0.4 is 10.2 Å². The van der Waals surface area contributed by atoms with E-state index < -0.39 is 0 Å². The number of nitrogens with one attached hydrogen (secondary N) is 1. The molecule has 0 unspecified atom stereocenters. The quantitative estimate of drug-likeness (QED) is 0.712. The predicted molar refractivity (Wildman–Crippen MR) is 101 cm³/mol. The average Bonchev–Trinajstić information content (AvgIpc) is 3.39. The molecule has 0 atom stereocenters. The molecular formula is C20H22N4O3. The predicted octanol–water partition coefficient (Wildman–Crippen LogP) is 3.89. The Morgan fingerprint density at radius 1 is 1.11 bits per heavy atom. The summed E-state index contributed by atoms with van der Waals surface area (Å²) >= 11 is 0. The van der Waals surface area contributed by atoms with E-state index in [0.29, 0.717) is 23.9 Å². The molecule has 140 valence electrons. The zero-order chi connectivity index (χ0) is 18.5. The van der Waals surface area contributed by atoms with Crippen molar-refractivity contribution < 1.29 is 13.7 Å². The maximum atomic E-state index is 12.4. The molecule has 1 amide bonds. The average molecular weight is 366 g/mol. The second-order valence-corrected chi connectivity index (χ2v) is 6.60. The Hall–Kier alpha value is -3.09. The Labute approximate surface area is 157 Å². The van der Waals surface area contributed by atoms with Gasteiger partial charge in [0.25, 0.3) is 0 Å². The summed E-state index contributed by atoms with van der Waals surface area (Å²) in [5, 5.41) is 6.90. The molecule has 1 fully saturated rings. The molecule has 2 aromatic heterocycles. The summed E-state index contributed by atoms with van der Waals surface area (Å²) in [6, 6.07) is 11.5. The fraction of sp³-hybridized carbons (Fsp3) is 0.350. The smallest absolute Gasteiger partial charge is 0.238 e. The Morgan fingerprint density at radius 2 is 1.96 bits per heavy atom. The van der Waals surface area contributed by atoms with E-state index in [4.69, 9.17) is 8.94 Å². The second-order valence-electron chi connectivity index (χ2n) is 6.60. The Morgan fingerprint density at radius 3 is 2.78 bits per heavy atom. The Bertz CT molecular complexity index is 882. The number of aromatic nitrogens is 2. The summed E-state index contributed by atoms with van der Waals surface area (Å²) in [4.78, 5) is 19.0. The van der Waals surface area contributed by atoms with Crippen LogP contribution in [0.3, 0.4) is 0 Å². The molecule has 27 heavy (non-hydrogen) atoms. The van der Waals surface area contributed by atoms with Gasteiger partial charge in [0, 0.05) is 25.9 Å². The van der Waals surface area contributed by atoms with Crippen LogP contribution in [0.2, 0.25) is 0 Å². The minimum Gasteiger partial charge on any atom is -0.461 e. The third-order valence-electron chi connectivity index (χ3n) is 4.65. The highest BCUT2D eigenvalue weighted by Gasteiger charge is 2.16. The minimum absolute atomic E-state index is 0.0720. The maximum absolute atomic E-state index is 12.4. The first kappa shape index (κ1) is 17.3. The van der Waals surface area contributed by atoms with Gasteiger partial charge in [0.1, 0.15) is 0 Å². The number of nitrogens with zero attached hydrogens (tertiary/aromatic N) is 3. The largest absolute Gasteiger partial charge is 0.461 e. The number of hydrogen-bond acceptors (Lipinski definition) is 6. The summed E-state index contributed by atoms with van der Waals surface area (Å²) in [5.41, 5.74) is 1.94. The normalized spacial score (nSPS) is 14.3. The molecule has 7 heteroatoms. The third kappa shape index (κ3) is 4.19. The molecule has 4 rings (SSSR count). The molecule has 0 radical (unpaired) electrons. The highest BCUT2D eigenvalue weighted by atomic mass is 16.5. The van der Waals surface area contributed by atoms with E-state index >= 15 is 0 Å². The molecule has 0 aliphatic carbocycles. The monoisotopic (exact) mass is 366 g/mol. The zero-order valence-corrected chi connectivity index (χ0v) is 15.1. The van der Waals surface area contributed by atoms with Crippen molar-refractivity contribution >= 4 is 17.3 Å². The molecule has 0 saturated carbocycles. The summed E-state index contributed by atoms with van der Waals surface area (Å²) in [6.07, 6.45) is 5.86. The fourth-order valence-electron chi connectivity index (χ4n) is 3.29. The number of hydrogen-bond donors (Lipinski definition) is 1. The Kier molecular flexibility index (Phi) is 5.18. The number of para-hydroxylation sites is 2. The SMILES string of the molecule is O=C(CCc1nc(-c2ccco2)no1)Nc1ccccc1N1CCCCC1. The van der Waals surface area contributed by atoms with Crippen LogP contribution in [0.25, 0.3) is 11.6 Å². The molecule has 1 N–H and O–H groups in total. The number of carbonyl (C=O) groups is 1. The number of benzene rings is 1. The van der Waals surface area contributed by atoms with Crippen LogP contribution in [-0.4, -0.2) is 29.1 Å². The van der Waals surface area contributed by atoms with Crippen LogP contribution in [0.15, 0.2) is 51.6 Å². The lowest BCUT2D eigenvalue weighted by Gasteiger charge is -2.30. The summed E-state index contributed by atoms with van der Waals surface area (Å²) in [7, 11) is 0. The molecule has 3 aromatic rings. The molecule has 0 bridgehead atoms. The third-order valence-corrected chi connectivity index (χ3v) is 4.65. The van der Waals surface area contributed by atoms with Crippen molar-refractivity contribution in [2.75, 3.05) is 23.3 Å². The molecule has 0 spiro atoms. The number of rotatable bonds is 6. The maximum Gasteiger partial charge on any atom is 0.238 e. The van der Waals surface area contributed by atoms with Crippen molar-refractivity contribution in [2.24, 2.45) is 0 Å². The van der Waals surface area contributed by atoms with Gasteiger partial charge in [-0.3, -0.25) is 4.79 Å². The van der Waals surface area contributed by atoms with E-state index in [1.165, 1.54) is 19.3 Å². The van der Waals surface area contributed by atoms with Crippen molar-refractivity contribution in [1.29, 1.82) is 0 Å². The van der Waals surface area contributed by atoms with Crippen LogP contribution in [0.4, 0.5) is 11.4 Å². The molecule has 7 nitrogen and oxygen atoms in total. The number of piperidine rings is 1. The summed E-state index contributed by atoms with van der Waals surface area (Å²) < 4.78 is 10.4. The van der Waals surface area contributed by atoms with Gasteiger partial charge in [0.15, 0.2) is 5.76 Å². The van der Waals surface area contributed by atoms with Gasteiger partial charge in [-0.15, -0.1) is 0 Å². The van der Waals surface area contributed by atoms with Crippen molar-refractivity contribution in [2.45, 2.75) is 32.1 Å². The zero-order valence-electron chi connectivity index (χ0n) is 15.1. The first-order chi connectivity index (χ1) is 13.3. The molecular weight excluding hydrogens is 344 g/mol. The van der Waals surface area contributed by atoms with Gasteiger partial charge in [-0.2, -0.15) is 4.98 Å². The van der Waals surface area contributed by atoms with Crippen LogP contribution in [0.1, 0.15) is 31.6 Å². The molecule has 1 saturated heterocycles. The van der Waals surface area contributed by atoms with Crippen molar-refractivity contribution in [3.05, 3.63) is 48.6 Å². The van der Waals surface area contributed by atoms with E-state index in [1.54, 1.807) is 18.4 Å². The van der Waals surface area contributed by atoms with Gasteiger partial charge in [-0.1, -0.05) is 17.3 Å². The highest BCUT2D eigenvalue weighted by molar-refractivity contribution is 5.94. The van der Waals surface area contributed by atoms with Gasteiger partial charge in [0.05, 0.1) is 17.6 Å². The summed E-state index contributed by atoms with van der Waals surface area (Å²) in [6.45, 7) is 2.06. The lowest BCUT2D eigenvalue weighted by molar-refractivity contribution is -0.116. The molecule has 3 heterocycles. The van der Waals surface area contributed by atoms with Crippen LogP contribution in [-0.2, 0) is 11.2 Å². The van der Waals surface area contributed by atoms with Crippen molar-refractivity contribution in [3.63, 3.8) is 0 Å². The molecule has 1 aliphatic heterocycles. The first-order valence-corrected chi connectivity index (χ1v) is 9.30. The van der Waals surface area contributed by atoms with Gasteiger partial charge in [-0.25, -0.2) is 0 Å². The van der Waals surface area contributed by atoms with Gasteiger partial charge < -0.3 is 19.2 Å². The van der Waals surface area contributed by atoms with E-state index in [1.807, 2.05) is 18.2 Å². The lowest BCUT2D eigenvalue weighted by Crippen LogP contribution is -2.30. The van der Waals surface area contributed by atoms with Gasteiger partial charge in [0.2, 0.25) is 17.6 Å². The standard InChI is InChI=1S/C20H22N4O3/c25-18(10-11-19-22-20(23-27-19)17-9-6-14-26-17)21-15-7-2-3-8-16(15)24-12-4-1-5-13-24/h2-3,6-9,14H,1,4-5,10-13H2,(H,21,25). The first-order valence-electron chi connectivity index (χ1n) is 9.30. The lowest BCUT2D eigenvalue weighted by atomic mass is 10.1. The number of carbonyl (C=O) groups excluding carboxylic acids is 1. The van der Waals surface area contributed by atoms with E-state index in [9.17, 15) is 4.79 Å². The van der Waals surface area contributed by atoms with E-state index in [-0.39, 0.29) is 12.3 Å². The van der Waals surface area contributed by atoms with Crippen LogP contribution in [0.5, 0.6) is 0 Å². The number of aryl methyl sites for hydroxylation is 1. The van der Waals surface area contributed by atoms with Crippen molar-refractivity contribution in [3.8, 4) is 11.6 Å². The van der Waals surface area contributed by atoms with E-state index in [0.717, 1.165) is 24.5 Å². The number of amides is 1. The van der Waals surface area contributed by atoms with Gasteiger partial charge >= 0.3 is 0 Å². The second kappa shape index (κ2) is 8.07. The number of furan rings is 1. The Balaban J connectivity index is 1.36. The van der Waals surface area contributed by atoms with Crippen LogP contribution in [0, 0.1) is 0 Å².